The molecule has 0 aliphatic carbocycles. The molecule has 3 aromatic rings. The Hall–Kier alpha value is -2.41. The average Bonchev–Trinajstić information content (AvgIpc) is 2.80. The van der Waals surface area contributed by atoms with E-state index in [2.05, 4.69) is 9.97 Å². The molecular formula is C14H11FN2O3S. The second-order valence-electron chi connectivity index (χ2n) is 4.64. The van der Waals surface area contributed by atoms with Crippen LogP contribution < -0.4 is 0 Å². The Morgan fingerprint density at radius 2 is 1.90 bits per heavy atom. The van der Waals surface area contributed by atoms with Crippen LogP contribution in [0.25, 0.3) is 22.4 Å². The average molecular weight is 306 g/mol. The van der Waals surface area contributed by atoms with E-state index in [1.165, 1.54) is 24.3 Å². The Kier molecular flexibility index (Phi) is 2.94. The molecule has 108 valence electrons. The summed E-state index contributed by atoms with van der Waals surface area (Å²) in [5.74, 6) is -0.832. The molecule has 0 unspecified atom stereocenters. The number of hydrogen-bond acceptors (Lipinski definition) is 4. The highest BCUT2D eigenvalue weighted by atomic mass is 32.2. The summed E-state index contributed by atoms with van der Waals surface area (Å²) < 4.78 is 37.4. The fourth-order valence-corrected chi connectivity index (χ4v) is 3.00. The van der Waals surface area contributed by atoms with Gasteiger partial charge in [-0.25, -0.2) is 17.8 Å². The molecule has 1 heterocycles. The van der Waals surface area contributed by atoms with Gasteiger partial charge in [0.15, 0.2) is 9.84 Å². The number of benzene rings is 2. The lowest BCUT2D eigenvalue weighted by atomic mass is 10.2. The monoisotopic (exact) mass is 306 g/mol. The van der Waals surface area contributed by atoms with E-state index in [9.17, 15) is 17.9 Å². The molecule has 3 rings (SSSR count). The van der Waals surface area contributed by atoms with Gasteiger partial charge in [-0.05, 0) is 24.3 Å². The number of imidazole rings is 1. The zero-order chi connectivity index (χ0) is 15.2. The first-order chi connectivity index (χ1) is 9.88. The van der Waals surface area contributed by atoms with Crippen LogP contribution in [0.2, 0.25) is 0 Å². The number of nitrogens with one attached hydrogen (secondary N) is 1. The van der Waals surface area contributed by atoms with Gasteiger partial charge in [0.05, 0.1) is 16.0 Å². The van der Waals surface area contributed by atoms with Gasteiger partial charge in [-0.2, -0.15) is 0 Å². The molecule has 2 aromatic carbocycles. The van der Waals surface area contributed by atoms with Crippen LogP contribution in [-0.2, 0) is 9.84 Å². The van der Waals surface area contributed by atoms with Crippen LogP contribution in [0.5, 0.6) is 5.75 Å². The number of aromatic nitrogens is 2. The zero-order valence-electron chi connectivity index (χ0n) is 11.0. The number of phenolic OH excluding ortho intramolecular Hbond substituents is 1. The van der Waals surface area contributed by atoms with Crippen LogP contribution in [0.3, 0.4) is 0 Å². The molecular weight excluding hydrogens is 295 g/mol. The molecule has 0 atom stereocenters. The fraction of sp³-hybridized carbons (Fsp3) is 0.0714. The number of rotatable bonds is 2. The van der Waals surface area contributed by atoms with E-state index >= 15 is 0 Å². The van der Waals surface area contributed by atoms with Crippen molar-refractivity contribution in [3.8, 4) is 17.1 Å². The molecule has 0 saturated heterocycles. The lowest BCUT2D eigenvalue weighted by molar-refractivity contribution is 0.471. The third kappa shape index (κ3) is 2.25. The SMILES string of the molecule is CS(=O)(=O)c1cccc2[nH]c(-c3c(O)cccc3F)nc12. The Morgan fingerprint density at radius 1 is 1.19 bits per heavy atom. The highest BCUT2D eigenvalue weighted by Gasteiger charge is 2.18. The minimum absolute atomic E-state index is 0.0540. The number of aromatic amines is 1. The van der Waals surface area contributed by atoms with E-state index in [0.29, 0.717) is 5.52 Å². The first kappa shape index (κ1) is 13.6. The Morgan fingerprint density at radius 3 is 2.57 bits per heavy atom. The van der Waals surface area contributed by atoms with Crippen molar-refractivity contribution in [3.05, 3.63) is 42.2 Å². The third-order valence-corrected chi connectivity index (χ3v) is 4.23. The van der Waals surface area contributed by atoms with Crippen molar-refractivity contribution in [1.29, 1.82) is 0 Å². The van der Waals surface area contributed by atoms with Gasteiger partial charge in [0, 0.05) is 6.26 Å². The molecule has 0 aliphatic heterocycles. The van der Waals surface area contributed by atoms with Crippen molar-refractivity contribution in [2.24, 2.45) is 0 Å². The summed E-state index contributed by atoms with van der Waals surface area (Å²) in [7, 11) is -3.46. The van der Waals surface area contributed by atoms with Gasteiger partial charge < -0.3 is 10.1 Å². The number of aromatic hydroxyl groups is 1. The zero-order valence-corrected chi connectivity index (χ0v) is 11.8. The number of phenols is 1. The van der Waals surface area contributed by atoms with Gasteiger partial charge in [-0.15, -0.1) is 0 Å². The van der Waals surface area contributed by atoms with Gasteiger partial charge in [-0.3, -0.25) is 0 Å². The van der Waals surface area contributed by atoms with Crippen LogP contribution in [0.15, 0.2) is 41.3 Å². The summed E-state index contributed by atoms with van der Waals surface area (Å²) in [6, 6.07) is 8.55. The topological polar surface area (TPSA) is 83.0 Å². The van der Waals surface area contributed by atoms with Crippen molar-refractivity contribution < 1.29 is 17.9 Å². The second kappa shape index (κ2) is 4.56. The predicted octanol–water partition coefficient (Wildman–Crippen LogP) is 2.48. The summed E-state index contributed by atoms with van der Waals surface area (Å²) >= 11 is 0. The highest BCUT2D eigenvalue weighted by Crippen LogP contribution is 2.32. The molecule has 0 bridgehead atoms. The van der Waals surface area contributed by atoms with Crippen LogP contribution in [0.1, 0.15) is 0 Å². The molecule has 0 radical (unpaired) electrons. The molecule has 21 heavy (non-hydrogen) atoms. The number of H-pyrrole nitrogens is 1. The van der Waals surface area contributed by atoms with E-state index < -0.39 is 15.7 Å². The van der Waals surface area contributed by atoms with Crippen LogP contribution in [0, 0.1) is 5.82 Å². The molecule has 2 N–H and O–H groups in total. The molecule has 0 saturated carbocycles. The van der Waals surface area contributed by atoms with E-state index in [4.69, 9.17) is 0 Å². The molecule has 0 aliphatic rings. The lowest BCUT2D eigenvalue weighted by Crippen LogP contribution is -1.97. The lowest BCUT2D eigenvalue weighted by Gasteiger charge is -2.01. The van der Waals surface area contributed by atoms with E-state index in [1.54, 1.807) is 12.1 Å². The van der Waals surface area contributed by atoms with Crippen LogP contribution in [-0.4, -0.2) is 29.7 Å². The second-order valence-corrected chi connectivity index (χ2v) is 6.63. The minimum atomic E-state index is -3.46. The van der Waals surface area contributed by atoms with Crippen molar-refractivity contribution in [2.75, 3.05) is 6.26 Å². The standard InChI is InChI=1S/C14H11FN2O3S/c1-21(19,20)11-7-3-5-9-13(11)17-14(16-9)12-8(15)4-2-6-10(12)18/h2-7,18H,1H3,(H,16,17). The summed E-state index contributed by atoms with van der Waals surface area (Å²) in [5.41, 5.74) is 0.585. The maximum absolute atomic E-state index is 13.9. The molecule has 0 amide bonds. The molecule has 1 aromatic heterocycles. The van der Waals surface area contributed by atoms with Gasteiger partial charge >= 0.3 is 0 Å². The Balaban J connectivity index is 2.33. The quantitative estimate of drug-likeness (QED) is 0.762. The Bertz CT molecular complexity index is 928. The number of hydrogen-bond donors (Lipinski definition) is 2. The fourth-order valence-electron chi connectivity index (χ4n) is 2.17. The number of nitrogens with zero attached hydrogens (tertiary/aromatic N) is 1. The third-order valence-electron chi connectivity index (χ3n) is 3.10. The van der Waals surface area contributed by atoms with E-state index in [-0.39, 0.29) is 27.5 Å². The maximum atomic E-state index is 13.9. The van der Waals surface area contributed by atoms with Crippen molar-refractivity contribution in [3.63, 3.8) is 0 Å². The molecule has 5 nitrogen and oxygen atoms in total. The van der Waals surface area contributed by atoms with Crippen LogP contribution >= 0.6 is 0 Å². The number of para-hydroxylation sites is 1. The van der Waals surface area contributed by atoms with Gasteiger partial charge in [-0.1, -0.05) is 12.1 Å². The van der Waals surface area contributed by atoms with Gasteiger partial charge in [0.25, 0.3) is 0 Å². The van der Waals surface area contributed by atoms with E-state index in [0.717, 1.165) is 6.26 Å². The first-order valence-corrected chi connectivity index (χ1v) is 7.93. The summed E-state index contributed by atoms with van der Waals surface area (Å²) in [6.45, 7) is 0. The first-order valence-electron chi connectivity index (χ1n) is 6.04. The molecule has 0 fully saturated rings. The largest absolute Gasteiger partial charge is 0.507 e. The highest BCUT2D eigenvalue weighted by molar-refractivity contribution is 7.91. The van der Waals surface area contributed by atoms with Crippen molar-refractivity contribution in [2.45, 2.75) is 4.90 Å². The molecule has 7 heteroatoms. The van der Waals surface area contributed by atoms with Crippen molar-refractivity contribution in [1.82, 2.24) is 9.97 Å². The smallest absolute Gasteiger partial charge is 0.177 e. The number of sulfone groups is 1. The number of fused-ring (bicyclic) bond motifs is 1. The van der Waals surface area contributed by atoms with Gasteiger partial charge in [0.2, 0.25) is 0 Å². The minimum Gasteiger partial charge on any atom is -0.507 e. The summed E-state index contributed by atoms with van der Waals surface area (Å²) in [5, 5.41) is 9.78. The van der Waals surface area contributed by atoms with Crippen LogP contribution in [0.4, 0.5) is 4.39 Å². The Labute approximate surface area is 120 Å². The summed E-state index contributed by atoms with van der Waals surface area (Å²) in [6.07, 6.45) is 1.08. The molecule has 0 spiro atoms. The number of halogens is 1. The van der Waals surface area contributed by atoms with Crippen molar-refractivity contribution >= 4 is 20.9 Å². The predicted molar refractivity (Wildman–Crippen MR) is 76.3 cm³/mol. The maximum Gasteiger partial charge on any atom is 0.177 e. The normalized spacial score (nSPS) is 11.9. The van der Waals surface area contributed by atoms with Gasteiger partial charge in [0.1, 0.15) is 22.9 Å². The summed E-state index contributed by atoms with van der Waals surface area (Å²) in [4.78, 5) is 7.02. The van der Waals surface area contributed by atoms with E-state index in [1.807, 2.05) is 0 Å².